The maximum absolute atomic E-state index is 9.94. The van der Waals surface area contributed by atoms with Gasteiger partial charge in [-0.1, -0.05) is 0 Å². The molecule has 2 heterocycles. The average molecular weight is 342 g/mol. The summed E-state index contributed by atoms with van der Waals surface area (Å²) in [6.07, 6.45) is -15.6. The molecule has 0 bridgehead atoms. The second kappa shape index (κ2) is 7.63. The molecule has 2 aliphatic heterocycles. The molecule has 2 fully saturated rings. The number of rotatable bonds is 4. The van der Waals surface area contributed by atoms with Crippen LogP contribution in [0.3, 0.4) is 0 Å². The quantitative estimate of drug-likeness (QED) is 0.243. The molecule has 11 heteroatoms. The van der Waals surface area contributed by atoms with Crippen LogP contribution in [0.25, 0.3) is 0 Å². The minimum atomic E-state index is -1.74. The van der Waals surface area contributed by atoms with Gasteiger partial charge in [-0.2, -0.15) is 0 Å². The van der Waals surface area contributed by atoms with Crippen LogP contribution in [-0.4, -0.2) is 115 Å². The van der Waals surface area contributed by atoms with E-state index in [1.807, 2.05) is 0 Å². The van der Waals surface area contributed by atoms with Gasteiger partial charge in [-0.05, 0) is 0 Å². The van der Waals surface area contributed by atoms with Crippen LogP contribution in [0.1, 0.15) is 0 Å². The van der Waals surface area contributed by atoms with Gasteiger partial charge >= 0.3 is 0 Å². The highest BCUT2D eigenvalue weighted by atomic mass is 16.7. The average Bonchev–Trinajstić information content (AvgIpc) is 2.55. The Morgan fingerprint density at radius 2 is 1.26 bits per heavy atom. The highest BCUT2D eigenvalue weighted by Gasteiger charge is 2.50. The van der Waals surface area contributed by atoms with Crippen molar-refractivity contribution in [1.82, 2.24) is 0 Å². The fraction of sp³-hybridized carbons (Fsp3) is 1.00. The van der Waals surface area contributed by atoms with Crippen molar-refractivity contribution < 1.29 is 55.1 Å². The lowest BCUT2D eigenvalue weighted by Crippen LogP contribution is -2.64. The van der Waals surface area contributed by atoms with Gasteiger partial charge in [0.2, 0.25) is 0 Å². The first kappa shape index (κ1) is 18.9. The Balaban J connectivity index is 2.11. The largest absolute Gasteiger partial charge is 0.394 e. The smallest absolute Gasteiger partial charge is 0.187 e. The van der Waals surface area contributed by atoms with Crippen molar-refractivity contribution in [2.24, 2.45) is 0 Å². The van der Waals surface area contributed by atoms with Crippen LogP contribution >= 0.6 is 0 Å². The van der Waals surface area contributed by atoms with Crippen LogP contribution < -0.4 is 0 Å². The Morgan fingerprint density at radius 1 is 0.652 bits per heavy atom. The molecular formula is C12H22O11. The molecule has 11 nitrogen and oxygen atoms in total. The number of aliphatic hydroxyl groups is 8. The van der Waals surface area contributed by atoms with Gasteiger partial charge in [0.05, 0.1) is 13.2 Å². The first-order chi connectivity index (χ1) is 10.8. The molecule has 4 unspecified atom stereocenters. The summed E-state index contributed by atoms with van der Waals surface area (Å²) in [6, 6.07) is 0. The molecule has 0 aromatic rings. The van der Waals surface area contributed by atoms with E-state index < -0.39 is 74.6 Å². The van der Waals surface area contributed by atoms with Crippen molar-refractivity contribution in [1.29, 1.82) is 0 Å². The SMILES string of the molecule is OCC1O[C@@H](O)[C@@H](O)C(O)[C@@H]1O[C@@H]1OC(CO)[C@@H](O)[C@H](O)C1O. The van der Waals surface area contributed by atoms with Gasteiger partial charge < -0.3 is 55.1 Å². The molecule has 0 amide bonds. The van der Waals surface area contributed by atoms with Gasteiger partial charge in [0.15, 0.2) is 12.6 Å². The molecule has 0 aromatic carbocycles. The zero-order chi connectivity index (χ0) is 17.3. The predicted molar refractivity (Wildman–Crippen MR) is 68.6 cm³/mol. The van der Waals surface area contributed by atoms with E-state index in [1.165, 1.54) is 0 Å². The number of hydrogen-bond donors (Lipinski definition) is 8. The van der Waals surface area contributed by atoms with Gasteiger partial charge in [0, 0.05) is 0 Å². The van der Waals surface area contributed by atoms with Crippen molar-refractivity contribution in [2.45, 2.75) is 61.4 Å². The van der Waals surface area contributed by atoms with Crippen LogP contribution in [0.4, 0.5) is 0 Å². The molecule has 8 N–H and O–H groups in total. The number of aliphatic hydroxyl groups excluding tert-OH is 8. The first-order valence-corrected chi connectivity index (χ1v) is 7.08. The molecular weight excluding hydrogens is 320 g/mol. The summed E-state index contributed by atoms with van der Waals surface area (Å²) in [5, 5.41) is 76.5. The predicted octanol–water partition coefficient (Wildman–Crippen LogP) is -5.40. The number of ether oxygens (including phenoxy) is 3. The maximum atomic E-state index is 9.94. The van der Waals surface area contributed by atoms with E-state index in [4.69, 9.17) is 19.3 Å². The summed E-state index contributed by atoms with van der Waals surface area (Å²) < 4.78 is 15.3. The summed E-state index contributed by atoms with van der Waals surface area (Å²) in [4.78, 5) is 0. The van der Waals surface area contributed by atoms with Crippen LogP contribution in [0.5, 0.6) is 0 Å². The lowest BCUT2D eigenvalue weighted by atomic mass is 9.97. The molecule has 2 rings (SSSR count). The Morgan fingerprint density at radius 3 is 1.83 bits per heavy atom. The van der Waals surface area contributed by atoms with Crippen LogP contribution in [0.15, 0.2) is 0 Å². The van der Waals surface area contributed by atoms with E-state index in [2.05, 4.69) is 0 Å². The van der Waals surface area contributed by atoms with E-state index in [9.17, 15) is 35.7 Å². The minimum absolute atomic E-state index is 0.667. The minimum Gasteiger partial charge on any atom is -0.394 e. The van der Waals surface area contributed by atoms with Gasteiger partial charge in [0.25, 0.3) is 0 Å². The van der Waals surface area contributed by atoms with E-state index in [0.717, 1.165) is 0 Å². The molecule has 136 valence electrons. The third kappa shape index (κ3) is 3.65. The third-order valence-corrected chi connectivity index (χ3v) is 3.98. The molecule has 10 atom stereocenters. The van der Waals surface area contributed by atoms with Crippen LogP contribution in [0.2, 0.25) is 0 Å². The summed E-state index contributed by atoms with van der Waals surface area (Å²) in [7, 11) is 0. The second-order valence-electron chi connectivity index (χ2n) is 5.53. The van der Waals surface area contributed by atoms with Gasteiger partial charge in [-0.3, -0.25) is 0 Å². The van der Waals surface area contributed by atoms with Crippen LogP contribution in [0, 0.1) is 0 Å². The van der Waals surface area contributed by atoms with Crippen molar-refractivity contribution in [3.8, 4) is 0 Å². The van der Waals surface area contributed by atoms with Gasteiger partial charge in [-0.25, -0.2) is 0 Å². The molecule has 2 aliphatic rings. The third-order valence-electron chi connectivity index (χ3n) is 3.98. The fourth-order valence-corrected chi connectivity index (χ4v) is 2.57. The van der Waals surface area contributed by atoms with Gasteiger partial charge in [-0.15, -0.1) is 0 Å². The summed E-state index contributed by atoms with van der Waals surface area (Å²) >= 11 is 0. The molecule has 0 radical (unpaired) electrons. The van der Waals surface area contributed by atoms with Crippen molar-refractivity contribution in [3.05, 3.63) is 0 Å². The Kier molecular flexibility index (Phi) is 6.27. The summed E-state index contributed by atoms with van der Waals surface area (Å²) in [6.45, 7) is -1.35. The Hall–Kier alpha value is -0.440. The first-order valence-electron chi connectivity index (χ1n) is 7.08. The zero-order valence-electron chi connectivity index (χ0n) is 12.0. The van der Waals surface area contributed by atoms with Crippen molar-refractivity contribution in [2.75, 3.05) is 13.2 Å². The standard InChI is InChI=1S/C12H22O11/c13-1-3-5(15)6(16)9(19)12(22-3)23-10-4(2-14)21-11(20)8(18)7(10)17/h3-20H,1-2H2/t3?,4?,5-,6+,7?,8+,9?,10-,11-,12+/m1/s1. The number of hydrogen-bond acceptors (Lipinski definition) is 11. The highest BCUT2D eigenvalue weighted by molar-refractivity contribution is 4.93. The van der Waals surface area contributed by atoms with Gasteiger partial charge in [0.1, 0.15) is 48.8 Å². The molecule has 2 saturated heterocycles. The summed E-state index contributed by atoms with van der Waals surface area (Å²) in [5.74, 6) is 0. The maximum Gasteiger partial charge on any atom is 0.187 e. The highest BCUT2D eigenvalue weighted by Crippen LogP contribution is 2.28. The molecule has 0 spiro atoms. The van der Waals surface area contributed by atoms with Crippen molar-refractivity contribution in [3.63, 3.8) is 0 Å². The van der Waals surface area contributed by atoms with Crippen LogP contribution in [-0.2, 0) is 14.2 Å². The molecule has 0 saturated carbocycles. The van der Waals surface area contributed by atoms with E-state index in [1.54, 1.807) is 0 Å². The fourth-order valence-electron chi connectivity index (χ4n) is 2.57. The lowest BCUT2D eigenvalue weighted by Gasteiger charge is -2.45. The van der Waals surface area contributed by atoms with E-state index in [0.29, 0.717) is 0 Å². The summed E-state index contributed by atoms with van der Waals surface area (Å²) in [5.41, 5.74) is 0. The topological polar surface area (TPSA) is 190 Å². The second-order valence-corrected chi connectivity index (χ2v) is 5.53. The molecule has 23 heavy (non-hydrogen) atoms. The van der Waals surface area contributed by atoms with E-state index in [-0.39, 0.29) is 0 Å². The lowest BCUT2D eigenvalue weighted by molar-refractivity contribution is -0.355. The zero-order valence-corrected chi connectivity index (χ0v) is 12.0. The molecule has 0 aliphatic carbocycles. The van der Waals surface area contributed by atoms with E-state index >= 15 is 0 Å². The molecule has 0 aromatic heterocycles. The monoisotopic (exact) mass is 342 g/mol. The normalized spacial score (nSPS) is 51.7. The van der Waals surface area contributed by atoms with Crippen molar-refractivity contribution >= 4 is 0 Å². The Labute approximate surface area is 130 Å². The Bertz CT molecular complexity index is 378.